The maximum Gasteiger partial charge on any atom is 0.363 e. The van der Waals surface area contributed by atoms with Crippen molar-refractivity contribution in [2.24, 2.45) is 0 Å². The molecule has 2 aliphatic rings. The molecule has 4 amide bonds. The molecule has 5 rings (SSSR count). The molecule has 0 spiro atoms. The van der Waals surface area contributed by atoms with E-state index in [2.05, 4.69) is 5.32 Å². The smallest absolute Gasteiger partial charge is 0.363 e. The third-order valence-electron chi connectivity index (χ3n) is 7.71. The summed E-state index contributed by atoms with van der Waals surface area (Å²) < 4.78 is 34.7. The molecular weight excluding hydrogens is 650 g/mol. The molecule has 1 unspecified atom stereocenters. The van der Waals surface area contributed by atoms with Gasteiger partial charge in [-0.25, -0.2) is 17.5 Å². The fourth-order valence-electron chi connectivity index (χ4n) is 5.40. The predicted molar refractivity (Wildman–Crippen MR) is 170 cm³/mol. The van der Waals surface area contributed by atoms with Gasteiger partial charge in [-0.2, -0.15) is 0 Å². The molecule has 0 aromatic heterocycles. The predicted octanol–water partition coefficient (Wildman–Crippen LogP) is 4.53. The molecule has 3 aromatic carbocycles. The van der Waals surface area contributed by atoms with Gasteiger partial charge in [0.15, 0.2) is 0 Å². The van der Waals surface area contributed by atoms with E-state index in [0.717, 1.165) is 0 Å². The molecule has 1 saturated heterocycles. The first-order valence-electron chi connectivity index (χ1n) is 14.7. The number of hydrogen-bond acceptors (Lipinski definition) is 9. The topological polar surface area (TPSA) is 156 Å². The molecule has 0 saturated carbocycles. The molecule has 246 valence electrons. The largest absolute Gasteiger partial charge is 0.494 e. The van der Waals surface area contributed by atoms with E-state index in [1.807, 2.05) is 20.8 Å². The summed E-state index contributed by atoms with van der Waals surface area (Å²) in [6.07, 6.45) is -0.193. The standard InChI is InChI=1S/C33H32ClN3O9S/c1-6-45-21-10-14-26-24(18-21)33(5,23-17-20(9-13-25(23)34)30(41)46-36-27(38)15-16-28(36)39)31(42)37(26)47(43,44)22-11-7-19(8-12-22)29(40)35-32(2,3)4/h7-14,17-18H,6,15-16H2,1-5H3,(H,35,40). The quantitative estimate of drug-likeness (QED) is 0.338. The monoisotopic (exact) mass is 681 g/mol. The van der Waals surface area contributed by atoms with E-state index in [4.69, 9.17) is 21.2 Å². The average molecular weight is 682 g/mol. The van der Waals surface area contributed by atoms with E-state index in [-0.39, 0.29) is 57.3 Å². The minimum absolute atomic E-state index is 0.0342. The van der Waals surface area contributed by atoms with Gasteiger partial charge in [0, 0.05) is 34.5 Å². The summed E-state index contributed by atoms with van der Waals surface area (Å²) in [5.41, 5.74) is -1.86. The lowest BCUT2D eigenvalue weighted by Crippen LogP contribution is -2.42. The number of nitrogens with one attached hydrogen (secondary N) is 1. The van der Waals surface area contributed by atoms with Gasteiger partial charge in [-0.15, -0.1) is 5.06 Å². The number of hydroxylamine groups is 2. The Balaban J connectivity index is 1.58. The second kappa shape index (κ2) is 12.1. The number of halogens is 1. The van der Waals surface area contributed by atoms with E-state index in [1.165, 1.54) is 67.6 Å². The lowest BCUT2D eigenvalue weighted by molar-refractivity contribution is -0.172. The number of rotatable bonds is 8. The van der Waals surface area contributed by atoms with Crippen molar-refractivity contribution >= 4 is 56.9 Å². The zero-order valence-corrected chi connectivity index (χ0v) is 27.8. The highest BCUT2D eigenvalue weighted by molar-refractivity contribution is 7.93. The first-order chi connectivity index (χ1) is 22.0. The molecule has 47 heavy (non-hydrogen) atoms. The molecule has 1 fully saturated rings. The van der Waals surface area contributed by atoms with E-state index >= 15 is 0 Å². The summed E-state index contributed by atoms with van der Waals surface area (Å²) in [5, 5.41) is 3.24. The van der Waals surface area contributed by atoms with Crippen LogP contribution in [0, 0.1) is 0 Å². The van der Waals surface area contributed by atoms with Gasteiger partial charge in [-0.1, -0.05) is 11.6 Å². The van der Waals surface area contributed by atoms with Gasteiger partial charge < -0.3 is 14.9 Å². The Labute approximate surface area is 276 Å². The molecular formula is C33H32ClN3O9S. The number of hydrogen-bond donors (Lipinski definition) is 1. The van der Waals surface area contributed by atoms with Crippen LogP contribution in [0.2, 0.25) is 5.02 Å². The van der Waals surface area contributed by atoms with Crippen LogP contribution in [0.3, 0.4) is 0 Å². The Hall–Kier alpha value is -4.75. The number of carbonyl (C=O) groups excluding carboxylic acids is 5. The van der Waals surface area contributed by atoms with E-state index in [1.54, 1.807) is 6.92 Å². The highest BCUT2D eigenvalue weighted by atomic mass is 35.5. The van der Waals surface area contributed by atoms with Crippen LogP contribution in [0.5, 0.6) is 5.75 Å². The number of nitrogens with zero attached hydrogens (tertiary/aromatic N) is 2. The van der Waals surface area contributed by atoms with Crippen LogP contribution in [0.1, 0.15) is 79.3 Å². The number of benzene rings is 3. The molecule has 1 atom stereocenters. The number of ether oxygens (including phenoxy) is 1. The summed E-state index contributed by atoms with van der Waals surface area (Å²) >= 11 is 6.63. The Morgan fingerprint density at radius 2 is 1.53 bits per heavy atom. The summed E-state index contributed by atoms with van der Waals surface area (Å²) in [5.74, 6) is -3.33. The number of imide groups is 1. The fraction of sp³-hybridized carbons (Fsp3) is 0.303. The molecule has 0 aliphatic carbocycles. The zero-order valence-electron chi connectivity index (χ0n) is 26.2. The lowest BCUT2D eigenvalue weighted by Gasteiger charge is -2.26. The maximum atomic E-state index is 14.5. The first kappa shape index (κ1) is 33.6. The van der Waals surface area contributed by atoms with Crippen molar-refractivity contribution in [3.8, 4) is 5.75 Å². The van der Waals surface area contributed by atoms with Crippen LogP contribution in [0.15, 0.2) is 65.6 Å². The van der Waals surface area contributed by atoms with Crippen molar-refractivity contribution in [3.05, 3.63) is 87.9 Å². The molecule has 12 nitrogen and oxygen atoms in total. The van der Waals surface area contributed by atoms with Gasteiger partial charge in [0.1, 0.15) is 11.2 Å². The Kier molecular flexibility index (Phi) is 8.67. The maximum absolute atomic E-state index is 14.5. The number of fused-ring (bicyclic) bond motifs is 1. The van der Waals surface area contributed by atoms with E-state index < -0.39 is 50.6 Å². The molecule has 2 aliphatic heterocycles. The molecule has 1 N–H and O–H groups in total. The fourth-order valence-corrected chi connectivity index (χ4v) is 7.22. The normalized spacial score (nSPS) is 18.0. The number of carbonyl (C=O) groups is 5. The second-order valence-corrected chi connectivity index (χ2v) is 14.4. The van der Waals surface area contributed by atoms with Gasteiger partial charge in [0.25, 0.3) is 33.7 Å². The van der Waals surface area contributed by atoms with Crippen molar-refractivity contribution < 1.29 is 42.0 Å². The minimum Gasteiger partial charge on any atom is -0.494 e. The Bertz CT molecular complexity index is 1920. The van der Waals surface area contributed by atoms with E-state index in [9.17, 15) is 32.4 Å². The number of anilines is 1. The zero-order chi connectivity index (χ0) is 34.5. The Morgan fingerprint density at radius 1 is 0.915 bits per heavy atom. The minimum atomic E-state index is -4.56. The molecule has 0 radical (unpaired) electrons. The molecule has 3 aromatic rings. The summed E-state index contributed by atoms with van der Waals surface area (Å²) in [4.78, 5) is 69.0. The van der Waals surface area contributed by atoms with Gasteiger partial charge in [-0.05, 0) is 101 Å². The average Bonchev–Trinajstić information content (AvgIpc) is 3.44. The van der Waals surface area contributed by atoms with Crippen molar-refractivity contribution in [1.82, 2.24) is 10.4 Å². The highest BCUT2D eigenvalue weighted by Gasteiger charge is 2.54. The second-order valence-electron chi connectivity index (χ2n) is 12.2. The van der Waals surface area contributed by atoms with E-state index in [0.29, 0.717) is 15.1 Å². The van der Waals surface area contributed by atoms with Crippen LogP contribution in [-0.4, -0.2) is 55.2 Å². The van der Waals surface area contributed by atoms with Crippen LogP contribution in [0.25, 0.3) is 0 Å². The number of sulfonamides is 1. The van der Waals surface area contributed by atoms with Crippen LogP contribution in [0.4, 0.5) is 5.69 Å². The van der Waals surface area contributed by atoms with Gasteiger partial charge in [0.2, 0.25) is 0 Å². The van der Waals surface area contributed by atoms with Gasteiger partial charge in [0.05, 0.1) is 22.8 Å². The summed E-state index contributed by atoms with van der Waals surface area (Å²) in [6, 6.07) is 13.6. The summed E-state index contributed by atoms with van der Waals surface area (Å²) in [6.45, 7) is 8.97. The van der Waals surface area contributed by atoms with Crippen LogP contribution < -0.4 is 14.4 Å². The van der Waals surface area contributed by atoms with Crippen LogP contribution in [-0.2, 0) is 34.7 Å². The summed E-state index contributed by atoms with van der Waals surface area (Å²) in [7, 11) is -4.56. The SMILES string of the molecule is CCOc1ccc2c(c1)C(C)(c1cc(C(=O)ON3C(=O)CCC3=O)ccc1Cl)C(=O)N2S(=O)(=O)c1ccc(C(=O)NC(C)(C)C)cc1. The third kappa shape index (κ3) is 6.08. The Morgan fingerprint density at radius 3 is 2.13 bits per heavy atom. The van der Waals surface area contributed by atoms with Crippen molar-refractivity contribution in [1.29, 1.82) is 0 Å². The lowest BCUT2D eigenvalue weighted by atomic mass is 9.76. The van der Waals surface area contributed by atoms with Gasteiger partial charge in [-0.3, -0.25) is 19.2 Å². The molecule has 14 heteroatoms. The highest BCUT2D eigenvalue weighted by Crippen LogP contribution is 2.51. The van der Waals surface area contributed by atoms with Crippen molar-refractivity contribution in [2.75, 3.05) is 10.9 Å². The molecule has 2 heterocycles. The van der Waals surface area contributed by atoms with Crippen molar-refractivity contribution in [3.63, 3.8) is 0 Å². The third-order valence-corrected chi connectivity index (χ3v) is 9.75. The van der Waals surface area contributed by atoms with Crippen LogP contribution >= 0.6 is 11.6 Å². The van der Waals surface area contributed by atoms with Gasteiger partial charge >= 0.3 is 5.97 Å². The molecule has 0 bridgehead atoms. The number of amides is 4. The van der Waals surface area contributed by atoms with Crippen molar-refractivity contribution in [2.45, 2.75) is 63.3 Å². The first-order valence-corrected chi connectivity index (χ1v) is 16.5.